The standard InChI is InChI=1S/C12H21NO3S/c1-17-10-12-4-3-11(16-12)9-13-5-2-7-15-8-6-14/h3-4,13-14H,2,5-10H2,1H3. The fraction of sp³-hybridized carbons (Fsp3) is 0.667. The number of hydrogen-bond donors (Lipinski definition) is 2. The molecule has 0 amide bonds. The minimum absolute atomic E-state index is 0.0953. The monoisotopic (exact) mass is 259 g/mol. The average molecular weight is 259 g/mol. The summed E-state index contributed by atoms with van der Waals surface area (Å²) in [5.74, 6) is 2.93. The van der Waals surface area contributed by atoms with Crippen LogP contribution in [-0.4, -0.2) is 37.7 Å². The Morgan fingerprint density at radius 1 is 1.35 bits per heavy atom. The molecule has 0 atom stereocenters. The lowest BCUT2D eigenvalue weighted by atomic mass is 10.4. The predicted molar refractivity (Wildman–Crippen MR) is 70.2 cm³/mol. The number of ether oxygens (including phenoxy) is 1. The molecule has 0 aliphatic rings. The Kier molecular flexibility index (Phi) is 8.17. The quantitative estimate of drug-likeness (QED) is 0.626. The summed E-state index contributed by atoms with van der Waals surface area (Å²) in [7, 11) is 0. The molecule has 5 heteroatoms. The zero-order chi connectivity index (χ0) is 12.3. The number of aliphatic hydroxyl groups is 1. The van der Waals surface area contributed by atoms with Gasteiger partial charge in [0, 0.05) is 6.61 Å². The average Bonchev–Trinajstić information content (AvgIpc) is 2.76. The molecule has 1 aromatic rings. The van der Waals surface area contributed by atoms with Gasteiger partial charge < -0.3 is 19.6 Å². The summed E-state index contributed by atoms with van der Waals surface area (Å²) in [4.78, 5) is 0. The van der Waals surface area contributed by atoms with Gasteiger partial charge in [-0.15, -0.1) is 0 Å². The van der Waals surface area contributed by atoms with E-state index in [9.17, 15) is 0 Å². The molecule has 0 unspecified atom stereocenters. The molecule has 4 nitrogen and oxygen atoms in total. The Morgan fingerprint density at radius 2 is 2.18 bits per heavy atom. The zero-order valence-corrected chi connectivity index (χ0v) is 11.1. The second kappa shape index (κ2) is 9.53. The smallest absolute Gasteiger partial charge is 0.117 e. The molecule has 17 heavy (non-hydrogen) atoms. The van der Waals surface area contributed by atoms with Crippen molar-refractivity contribution in [3.8, 4) is 0 Å². The first-order valence-electron chi connectivity index (χ1n) is 5.82. The highest BCUT2D eigenvalue weighted by molar-refractivity contribution is 7.97. The molecule has 0 bridgehead atoms. The van der Waals surface area contributed by atoms with Crippen molar-refractivity contribution in [3.63, 3.8) is 0 Å². The van der Waals surface area contributed by atoms with Crippen molar-refractivity contribution in [2.45, 2.75) is 18.7 Å². The van der Waals surface area contributed by atoms with E-state index in [0.29, 0.717) is 13.2 Å². The first-order chi connectivity index (χ1) is 8.36. The van der Waals surface area contributed by atoms with Crippen LogP contribution in [0.15, 0.2) is 16.5 Å². The van der Waals surface area contributed by atoms with Gasteiger partial charge in [-0.05, 0) is 31.4 Å². The maximum atomic E-state index is 8.51. The maximum Gasteiger partial charge on any atom is 0.117 e. The molecule has 0 radical (unpaired) electrons. The summed E-state index contributed by atoms with van der Waals surface area (Å²) in [6, 6.07) is 4.04. The van der Waals surface area contributed by atoms with Crippen molar-refractivity contribution in [3.05, 3.63) is 23.7 Å². The van der Waals surface area contributed by atoms with Crippen molar-refractivity contribution in [2.75, 3.05) is 32.6 Å². The van der Waals surface area contributed by atoms with Crippen LogP contribution in [0.25, 0.3) is 0 Å². The van der Waals surface area contributed by atoms with E-state index < -0.39 is 0 Å². The molecule has 0 aromatic carbocycles. The van der Waals surface area contributed by atoms with E-state index in [-0.39, 0.29) is 6.61 Å². The largest absolute Gasteiger partial charge is 0.464 e. The van der Waals surface area contributed by atoms with Crippen molar-refractivity contribution in [1.29, 1.82) is 0 Å². The molecule has 1 heterocycles. The van der Waals surface area contributed by atoms with Crippen LogP contribution in [0.4, 0.5) is 0 Å². The zero-order valence-electron chi connectivity index (χ0n) is 10.3. The Labute approximate surface area is 107 Å². The molecular weight excluding hydrogens is 238 g/mol. The minimum Gasteiger partial charge on any atom is -0.464 e. The molecule has 0 saturated carbocycles. The third-order valence-electron chi connectivity index (χ3n) is 2.18. The van der Waals surface area contributed by atoms with Crippen LogP contribution in [0, 0.1) is 0 Å². The fourth-order valence-electron chi connectivity index (χ4n) is 1.41. The number of nitrogens with one attached hydrogen (secondary N) is 1. The number of rotatable bonds is 10. The number of hydrogen-bond acceptors (Lipinski definition) is 5. The Balaban J connectivity index is 2.01. The Morgan fingerprint density at radius 3 is 2.94 bits per heavy atom. The molecule has 0 spiro atoms. The van der Waals surface area contributed by atoms with Crippen LogP contribution < -0.4 is 5.32 Å². The maximum absolute atomic E-state index is 8.51. The molecule has 1 rings (SSSR count). The van der Waals surface area contributed by atoms with Crippen LogP contribution in [0.2, 0.25) is 0 Å². The van der Waals surface area contributed by atoms with Gasteiger partial charge in [0.15, 0.2) is 0 Å². The second-order valence-electron chi connectivity index (χ2n) is 3.67. The first-order valence-corrected chi connectivity index (χ1v) is 7.22. The molecule has 0 fully saturated rings. The number of thioether (sulfide) groups is 1. The van der Waals surface area contributed by atoms with Crippen molar-refractivity contribution in [2.24, 2.45) is 0 Å². The lowest BCUT2D eigenvalue weighted by Crippen LogP contribution is -2.16. The second-order valence-corrected chi connectivity index (χ2v) is 4.53. The number of aliphatic hydroxyl groups excluding tert-OH is 1. The molecule has 0 saturated heterocycles. The SMILES string of the molecule is CSCc1ccc(CNCCCOCCO)o1. The third kappa shape index (κ3) is 6.73. The third-order valence-corrected chi connectivity index (χ3v) is 2.75. The summed E-state index contributed by atoms with van der Waals surface area (Å²) in [5.41, 5.74) is 0. The van der Waals surface area contributed by atoms with Gasteiger partial charge in [0.25, 0.3) is 0 Å². The highest BCUT2D eigenvalue weighted by atomic mass is 32.2. The topological polar surface area (TPSA) is 54.6 Å². The summed E-state index contributed by atoms with van der Waals surface area (Å²) in [6.07, 6.45) is 3.01. The van der Waals surface area contributed by atoms with E-state index in [1.54, 1.807) is 11.8 Å². The normalized spacial score (nSPS) is 10.9. The van der Waals surface area contributed by atoms with Gasteiger partial charge in [0.2, 0.25) is 0 Å². The van der Waals surface area contributed by atoms with Gasteiger partial charge in [-0.25, -0.2) is 0 Å². The molecule has 2 N–H and O–H groups in total. The summed E-state index contributed by atoms with van der Waals surface area (Å²) < 4.78 is 10.8. The van der Waals surface area contributed by atoms with Gasteiger partial charge in [0.05, 0.1) is 25.5 Å². The van der Waals surface area contributed by atoms with E-state index in [0.717, 1.165) is 36.8 Å². The van der Waals surface area contributed by atoms with Gasteiger partial charge in [-0.3, -0.25) is 0 Å². The lowest BCUT2D eigenvalue weighted by molar-refractivity contribution is 0.0906. The lowest BCUT2D eigenvalue weighted by Gasteiger charge is -2.03. The van der Waals surface area contributed by atoms with Gasteiger partial charge in [-0.1, -0.05) is 0 Å². The molecule has 98 valence electrons. The number of furan rings is 1. The summed E-state index contributed by atoms with van der Waals surface area (Å²) in [6.45, 7) is 2.86. The van der Waals surface area contributed by atoms with Gasteiger partial charge in [-0.2, -0.15) is 11.8 Å². The van der Waals surface area contributed by atoms with Crippen molar-refractivity contribution < 1.29 is 14.3 Å². The minimum atomic E-state index is 0.0953. The molecule has 0 aliphatic heterocycles. The summed E-state index contributed by atoms with van der Waals surface area (Å²) >= 11 is 1.76. The van der Waals surface area contributed by atoms with Gasteiger partial charge in [0.1, 0.15) is 11.5 Å². The fourth-order valence-corrected chi connectivity index (χ4v) is 1.85. The van der Waals surface area contributed by atoms with Crippen molar-refractivity contribution >= 4 is 11.8 Å². The Bertz CT molecular complexity index is 291. The van der Waals surface area contributed by atoms with Crippen LogP contribution in [0.5, 0.6) is 0 Å². The molecule has 0 aliphatic carbocycles. The van der Waals surface area contributed by atoms with E-state index in [2.05, 4.69) is 11.6 Å². The van der Waals surface area contributed by atoms with Gasteiger partial charge >= 0.3 is 0 Å². The Hall–Kier alpha value is -0.490. The van der Waals surface area contributed by atoms with Crippen molar-refractivity contribution in [1.82, 2.24) is 5.32 Å². The summed E-state index contributed by atoms with van der Waals surface area (Å²) in [5, 5.41) is 11.8. The van der Waals surface area contributed by atoms with Crippen LogP contribution >= 0.6 is 11.8 Å². The highest BCUT2D eigenvalue weighted by Crippen LogP contribution is 2.12. The van der Waals surface area contributed by atoms with Crippen LogP contribution in [0.1, 0.15) is 17.9 Å². The van der Waals surface area contributed by atoms with E-state index in [4.69, 9.17) is 14.3 Å². The first kappa shape index (κ1) is 14.6. The predicted octanol–water partition coefficient (Wildman–Crippen LogP) is 1.63. The van der Waals surface area contributed by atoms with E-state index >= 15 is 0 Å². The van der Waals surface area contributed by atoms with E-state index in [1.165, 1.54) is 0 Å². The van der Waals surface area contributed by atoms with E-state index in [1.807, 2.05) is 12.1 Å². The molecular formula is C12H21NO3S. The van der Waals surface area contributed by atoms with Crippen LogP contribution in [0.3, 0.4) is 0 Å². The molecule has 1 aromatic heterocycles. The van der Waals surface area contributed by atoms with Crippen LogP contribution in [-0.2, 0) is 17.0 Å². The highest BCUT2D eigenvalue weighted by Gasteiger charge is 2.00.